The van der Waals surface area contributed by atoms with Gasteiger partial charge in [-0.1, -0.05) is 5.21 Å². The minimum atomic E-state index is -0.429. The minimum absolute atomic E-state index is 0.0554. The lowest BCUT2D eigenvalue weighted by Gasteiger charge is -2.05. The summed E-state index contributed by atoms with van der Waals surface area (Å²) in [7, 11) is 0. The number of nitrogens with two attached hydrogens (primary N) is 1. The quantitative estimate of drug-likeness (QED) is 0.654. The van der Waals surface area contributed by atoms with Gasteiger partial charge in [-0.05, 0) is 25.0 Å². The van der Waals surface area contributed by atoms with Gasteiger partial charge in [0.05, 0.1) is 16.3 Å². The average Bonchev–Trinajstić information content (AvgIpc) is 3.13. The van der Waals surface area contributed by atoms with Crippen LogP contribution in [0.2, 0.25) is 0 Å². The molecule has 0 unspecified atom stereocenters. The van der Waals surface area contributed by atoms with E-state index in [9.17, 15) is 10.1 Å². The van der Waals surface area contributed by atoms with Crippen LogP contribution in [0.4, 0.5) is 11.5 Å². The fourth-order valence-corrected chi connectivity index (χ4v) is 1.95. The van der Waals surface area contributed by atoms with Gasteiger partial charge < -0.3 is 5.73 Å². The third kappa shape index (κ3) is 1.69. The van der Waals surface area contributed by atoms with Gasteiger partial charge in [0.15, 0.2) is 5.82 Å². The highest BCUT2D eigenvalue weighted by molar-refractivity contribution is 5.46. The molecule has 92 valence electrons. The maximum atomic E-state index is 10.6. The van der Waals surface area contributed by atoms with E-state index in [0.29, 0.717) is 11.7 Å². The highest BCUT2D eigenvalue weighted by Gasteiger charge is 2.31. The summed E-state index contributed by atoms with van der Waals surface area (Å²) in [6, 6.07) is 6.20. The van der Waals surface area contributed by atoms with Crippen molar-refractivity contribution in [2.75, 3.05) is 5.73 Å². The Labute approximate surface area is 102 Å². The first kappa shape index (κ1) is 10.7. The lowest BCUT2D eigenvalue weighted by molar-refractivity contribution is -0.384. The molecule has 18 heavy (non-hydrogen) atoms. The number of hydrogen-bond donors (Lipinski definition) is 1. The second-order valence-electron chi connectivity index (χ2n) is 4.32. The van der Waals surface area contributed by atoms with E-state index in [0.717, 1.165) is 24.2 Å². The van der Waals surface area contributed by atoms with E-state index in [-0.39, 0.29) is 5.69 Å². The van der Waals surface area contributed by atoms with E-state index in [1.807, 2.05) is 0 Å². The molecule has 1 aliphatic rings. The van der Waals surface area contributed by atoms with Crippen molar-refractivity contribution in [1.29, 1.82) is 0 Å². The zero-order valence-corrected chi connectivity index (χ0v) is 9.48. The van der Waals surface area contributed by atoms with Gasteiger partial charge in [0.1, 0.15) is 0 Å². The molecule has 1 saturated carbocycles. The Hall–Kier alpha value is -2.44. The van der Waals surface area contributed by atoms with Crippen molar-refractivity contribution in [3.63, 3.8) is 0 Å². The first-order valence-corrected chi connectivity index (χ1v) is 5.62. The van der Waals surface area contributed by atoms with Crippen molar-refractivity contribution in [3.05, 3.63) is 40.1 Å². The second kappa shape index (κ2) is 3.80. The monoisotopic (exact) mass is 245 g/mol. The van der Waals surface area contributed by atoms with Crippen LogP contribution in [-0.4, -0.2) is 19.9 Å². The average molecular weight is 245 g/mol. The fraction of sp³-hybridized carbons (Fsp3) is 0.273. The van der Waals surface area contributed by atoms with Gasteiger partial charge in [0.2, 0.25) is 0 Å². The molecule has 7 heteroatoms. The summed E-state index contributed by atoms with van der Waals surface area (Å²) in [5.41, 5.74) is 7.50. The molecule has 0 amide bonds. The van der Waals surface area contributed by atoms with Crippen LogP contribution in [0.25, 0.3) is 5.69 Å². The topological polar surface area (TPSA) is 99.9 Å². The number of nitro groups is 1. The van der Waals surface area contributed by atoms with Crippen LogP contribution in [0.1, 0.15) is 24.5 Å². The highest BCUT2D eigenvalue weighted by atomic mass is 16.6. The van der Waals surface area contributed by atoms with E-state index in [1.165, 1.54) is 12.1 Å². The predicted molar refractivity (Wildman–Crippen MR) is 64.4 cm³/mol. The molecule has 0 radical (unpaired) electrons. The van der Waals surface area contributed by atoms with Crippen molar-refractivity contribution < 1.29 is 4.92 Å². The Morgan fingerprint density at radius 3 is 2.56 bits per heavy atom. The molecule has 1 fully saturated rings. The molecule has 7 nitrogen and oxygen atoms in total. The molecule has 0 saturated heterocycles. The van der Waals surface area contributed by atoms with Gasteiger partial charge in [0.25, 0.3) is 5.69 Å². The zero-order valence-electron chi connectivity index (χ0n) is 9.48. The van der Waals surface area contributed by atoms with Crippen LogP contribution in [0.5, 0.6) is 0 Å². The summed E-state index contributed by atoms with van der Waals surface area (Å²) in [4.78, 5) is 10.2. The number of anilines is 1. The van der Waals surface area contributed by atoms with E-state index in [4.69, 9.17) is 5.73 Å². The Kier molecular flexibility index (Phi) is 2.26. The molecular weight excluding hydrogens is 234 g/mol. The predicted octanol–water partition coefficient (Wildman–Crippen LogP) is 1.64. The molecule has 0 spiro atoms. The summed E-state index contributed by atoms with van der Waals surface area (Å²) < 4.78 is 1.66. The van der Waals surface area contributed by atoms with Crippen molar-refractivity contribution in [1.82, 2.24) is 15.0 Å². The molecule has 0 bridgehead atoms. The minimum Gasteiger partial charge on any atom is -0.381 e. The van der Waals surface area contributed by atoms with Crippen LogP contribution in [-0.2, 0) is 0 Å². The SMILES string of the molecule is Nc1nnn(-c2ccc([N+](=O)[O-])cc2)c1C1CC1. The molecule has 3 rings (SSSR count). The lowest BCUT2D eigenvalue weighted by atomic mass is 10.2. The summed E-state index contributed by atoms with van der Waals surface area (Å²) in [6.45, 7) is 0. The van der Waals surface area contributed by atoms with E-state index < -0.39 is 4.92 Å². The normalized spacial score (nSPS) is 14.7. The number of nitrogen functional groups attached to an aromatic ring is 1. The van der Waals surface area contributed by atoms with Crippen molar-refractivity contribution in [3.8, 4) is 5.69 Å². The molecule has 2 aromatic rings. The van der Waals surface area contributed by atoms with Crippen LogP contribution in [0, 0.1) is 10.1 Å². The number of non-ortho nitro benzene ring substituents is 1. The number of hydrogen-bond acceptors (Lipinski definition) is 5. The summed E-state index contributed by atoms with van der Waals surface area (Å²) in [6.07, 6.45) is 2.18. The van der Waals surface area contributed by atoms with Crippen LogP contribution in [0.3, 0.4) is 0 Å². The molecule has 1 heterocycles. The number of benzene rings is 1. The fourth-order valence-electron chi connectivity index (χ4n) is 1.95. The van der Waals surface area contributed by atoms with Gasteiger partial charge in [0, 0.05) is 18.1 Å². The van der Waals surface area contributed by atoms with Crippen LogP contribution >= 0.6 is 0 Å². The third-order valence-corrected chi connectivity index (χ3v) is 3.00. The second-order valence-corrected chi connectivity index (χ2v) is 4.32. The third-order valence-electron chi connectivity index (χ3n) is 3.00. The van der Waals surface area contributed by atoms with Crippen molar-refractivity contribution >= 4 is 11.5 Å². The number of nitrogens with zero attached hydrogens (tertiary/aromatic N) is 4. The molecule has 1 aromatic carbocycles. The van der Waals surface area contributed by atoms with E-state index in [1.54, 1.807) is 16.8 Å². The van der Waals surface area contributed by atoms with Gasteiger partial charge in [-0.2, -0.15) is 0 Å². The number of aromatic nitrogens is 3. The van der Waals surface area contributed by atoms with Gasteiger partial charge in [-0.25, -0.2) is 4.68 Å². The van der Waals surface area contributed by atoms with Crippen molar-refractivity contribution in [2.24, 2.45) is 0 Å². The Bertz CT molecular complexity index is 600. The maximum Gasteiger partial charge on any atom is 0.269 e. The summed E-state index contributed by atoms with van der Waals surface area (Å²) >= 11 is 0. The first-order chi connectivity index (χ1) is 8.66. The lowest BCUT2D eigenvalue weighted by Crippen LogP contribution is -2.02. The molecule has 0 aliphatic heterocycles. The van der Waals surface area contributed by atoms with E-state index >= 15 is 0 Å². The molecule has 1 aliphatic carbocycles. The summed E-state index contributed by atoms with van der Waals surface area (Å²) in [5, 5.41) is 18.5. The molecular formula is C11H11N5O2. The van der Waals surface area contributed by atoms with E-state index in [2.05, 4.69) is 10.3 Å². The number of rotatable bonds is 3. The number of nitro benzene ring substituents is 1. The maximum absolute atomic E-state index is 10.6. The molecule has 2 N–H and O–H groups in total. The Balaban J connectivity index is 2.01. The summed E-state index contributed by atoms with van der Waals surface area (Å²) in [5.74, 6) is 0.853. The largest absolute Gasteiger partial charge is 0.381 e. The smallest absolute Gasteiger partial charge is 0.269 e. The molecule has 0 atom stereocenters. The van der Waals surface area contributed by atoms with Crippen LogP contribution in [0.15, 0.2) is 24.3 Å². The van der Waals surface area contributed by atoms with Crippen molar-refractivity contribution in [2.45, 2.75) is 18.8 Å². The Morgan fingerprint density at radius 2 is 2.00 bits per heavy atom. The van der Waals surface area contributed by atoms with Gasteiger partial charge in [-0.3, -0.25) is 10.1 Å². The van der Waals surface area contributed by atoms with Gasteiger partial charge >= 0.3 is 0 Å². The van der Waals surface area contributed by atoms with Crippen LogP contribution < -0.4 is 5.73 Å². The Morgan fingerprint density at radius 1 is 1.33 bits per heavy atom. The molecule has 1 aromatic heterocycles. The highest BCUT2D eigenvalue weighted by Crippen LogP contribution is 2.42. The van der Waals surface area contributed by atoms with Gasteiger partial charge in [-0.15, -0.1) is 5.10 Å². The zero-order chi connectivity index (χ0) is 12.7. The first-order valence-electron chi connectivity index (χ1n) is 5.62. The standard InChI is InChI=1S/C11H11N5O2/c12-11-10(7-1-2-7)15(14-13-11)8-3-5-9(6-4-8)16(17)18/h3-7H,1-2,12H2.